The minimum Gasteiger partial charge on any atom is -0.420 e. The third-order valence-corrected chi connectivity index (χ3v) is 2.87. The van der Waals surface area contributed by atoms with Gasteiger partial charge in [0.2, 0.25) is 11.8 Å². The molecule has 3 rings (SSSR count). The fourth-order valence-electron chi connectivity index (χ4n) is 1.96. The maximum atomic E-state index is 5.69. The van der Waals surface area contributed by atoms with Crippen LogP contribution in [0, 0.1) is 0 Å². The first kappa shape index (κ1) is 9.54. The van der Waals surface area contributed by atoms with Crippen LogP contribution < -0.4 is 5.32 Å². The molecule has 1 aliphatic rings. The molecule has 1 aromatic carbocycles. The fourth-order valence-corrected chi connectivity index (χ4v) is 1.96. The molecule has 0 aliphatic carbocycles. The first-order valence-corrected chi connectivity index (χ1v) is 5.53. The van der Waals surface area contributed by atoms with Crippen molar-refractivity contribution in [2.24, 2.45) is 0 Å². The third kappa shape index (κ3) is 1.72. The Morgan fingerprint density at radius 3 is 2.81 bits per heavy atom. The summed E-state index contributed by atoms with van der Waals surface area (Å²) in [5.74, 6) is 1.75. The van der Waals surface area contributed by atoms with Crippen LogP contribution in [0.5, 0.6) is 0 Å². The van der Waals surface area contributed by atoms with E-state index in [1.807, 2.05) is 30.3 Å². The normalized spacial score (nSPS) is 20.1. The quantitative estimate of drug-likeness (QED) is 0.830. The van der Waals surface area contributed by atoms with Crippen molar-refractivity contribution in [1.82, 2.24) is 15.5 Å². The molecule has 2 aromatic rings. The van der Waals surface area contributed by atoms with E-state index < -0.39 is 0 Å². The zero-order chi connectivity index (χ0) is 10.8. The standard InChI is InChI=1S/C12H13N3O/c1-2-4-9(5-3-1)11-14-15-12(16-11)10-6-7-13-8-10/h1-5,10,13H,6-8H2. The van der Waals surface area contributed by atoms with Gasteiger partial charge in [0.1, 0.15) is 0 Å². The van der Waals surface area contributed by atoms with Gasteiger partial charge in [0.15, 0.2) is 0 Å². The maximum Gasteiger partial charge on any atom is 0.247 e. The number of benzene rings is 1. The van der Waals surface area contributed by atoms with Crippen molar-refractivity contribution in [3.8, 4) is 11.5 Å². The van der Waals surface area contributed by atoms with Crippen LogP contribution in [0.3, 0.4) is 0 Å². The van der Waals surface area contributed by atoms with Crippen molar-refractivity contribution >= 4 is 0 Å². The molecule has 1 saturated heterocycles. The van der Waals surface area contributed by atoms with Gasteiger partial charge in [-0.1, -0.05) is 18.2 Å². The molecular weight excluding hydrogens is 202 g/mol. The SMILES string of the molecule is c1ccc(-c2nnc(C3CCNC3)o2)cc1. The van der Waals surface area contributed by atoms with Gasteiger partial charge in [-0.25, -0.2) is 0 Å². The van der Waals surface area contributed by atoms with Crippen molar-refractivity contribution in [1.29, 1.82) is 0 Å². The zero-order valence-electron chi connectivity index (χ0n) is 8.89. The number of hydrogen-bond acceptors (Lipinski definition) is 4. The Hall–Kier alpha value is -1.68. The van der Waals surface area contributed by atoms with Gasteiger partial charge in [-0.2, -0.15) is 0 Å². The second-order valence-electron chi connectivity index (χ2n) is 4.00. The lowest BCUT2D eigenvalue weighted by molar-refractivity contribution is 0.467. The first-order valence-electron chi connectivity index (χ1n) is 5.53. The van der Waals surface area contributed by atoms with Crippen molar-refractivity contribution < 1.29 is 4.42 Å². The van der Waals surface area contributed by atoms with E-state index in [1.54, 1.807) is 0 Å². The maximum absolute atomic E-state index is 5.69. The molecule has 1 aliphatic heterocycles. The highest BCUT2D eigenvalue weighted by Crippen LogP contribution is 2.24. The summed E-state index contributed by atoms with van der Waals surface area (Å²) < 4.78 is 5.69. The Morgan fingerprint density at radius 2 is 2.06 bits per heavy atom. The summed E-state index contributed by atoms with van der Waals surface area (Å²) in [7, 11) is 0. The Balaban J connectivity index is 1.87. The van der Waals surface area contributed by atoms with E-state index in [4.69, 9.17) is 4.42 Å². The number of rotatable bonds is 2. The molecule has 2 heterocycles. The second kappa shape index (κ2) is 4.06. The highest BCUT2D eigenvalue weighted by molar-refractivity contribution is 5.51. The van der Waals surface area contributed by atoms with Crippen molar-refractivity contribution in [2.75, 3.05) is 13.1 Å². The van der Waals surface area contributed by atoms with Crippen LogP contribution in [0.25, 0.3) is 11.5 Å². The summed E-state index contributed by atoms with van der Waals surface area (Å²) in [6.45, 7) is 1.98. The second-order valence-corrected chi connectivity index (χ2v) is 4.00. The lowest BCUT2D eigenvalue weighted by Crippen LogP contribution is -2.08. The van der Waals surface area contributed by atoms with Gasteiger partial charge >= 0.3 is 0 Å². The van der Waals surface area contributed by atoms with Crippen molar-refractivity contribution in [3.05, 3.63) is 36.2 Å². The van der Waals surface area contributed by atoms with E-state index in [0.717, 1.165) is 31.0 Å². The Kier molecular flexibility index (Phi) is 2.42. The van der Waals surface area contributed by atoms with Crippen LogP contribution in [-0.4, -0.2) is 23.3 Å². The van der Waals surface area contributed by atoms with Gasteiger partial charge in [-0.15, -0.1) is 10.2 Å². The molecule has 0 radical (unpaired) electrons. The lowest BCUT2D eigenvalue weighted by atomic mass is 10.1. The summed E-state index contributed by atoms with van der Waals surface area (Å²) in [4.78, 5) is 0. The zero-order valence-corrected chi connectivity index (χ0v) is 8.89. The average Bonchev–Trinajstić information content (AvgIpc) is 3.01. The molecule has 0 saturated carbocycles. The topological polar surface area (TPSA) is 51.0 Å². The van der Waals surface area contributed by atoms with Gasteiger partial charge < -0.3 is 9.73 Å². The Morgan fingerprint density at radius 1 is 1.19 bits per heavy atom. The highest BCUT2D eigenvalue weighted by Gasteiger charge is 2.22. The van der Waals surface area contributed by atoms with Crippen LogP contribution in [0.2, 0.25) is 0 Å². The minimum absolute atomic E-state index is 0.380. The van der Waals surface area contributed by atoms with Gasteiger partial charge in [0.05, 0.1) is 5.92 Å². The van der Waals surface area contributed by atoms with Crippen LogP contribution >= 0.6 is 0 Å². The number of nitrogens with zero attached hydrogens (tertiary/aromatic N) is 2. The van der Waals surface area contributed by atoms with Gasteiger partial charge in [-0.3, -0.25) is 0 Å². The molecule has 0 bridgehead atoms. The van der Waals surface area contributed by atoms with E-state index in [9.17, 15) is 0 Å². The summed E-state index contributed by atoms with van der Waals surface area (Å²) in [5, 5.41) is 11.5. The molecule has 1 fully saturated rings. The van der Waals surface area contributed by atoms with Crippen LogP contribution in [0.4, 0.5) is 0 Å². The Bertz CT molecular complexity index is 460. The molecule has 4 heteroatoms. The molecule has 1 aromatic heterocycles. The van der Waals surface area contributed by atoms with Crippen LogP contribution in [-0.2, 0) is 0 Å². The minimum atomic E-state index is 0.380. The van der Waals surface area contributed by atoms with Gasteiger partial charge in [0.25, 0.3) is 0 Å². The molecule has 16 heavy (non-hydrogen) atoms. The summed E-state index contributed by atoms with van der Waals surface area (Å²) in [5.41, 5.74) is 0.979. The fraction of sp³-hybridized carbons (Fsp3) is 0.333. The highest BCUT2D eigenvalue weighted by atomic mass is 16.4. The van der Waals surface area contributed by atoms with Crippen LogP contribution in [0.1, 0.15) is 18.2 Å². The molecule has 1 N–H and O–H groups in total. The third-order valence-electron chi connectivity index (χ3n) is 2.87. The van der Waals surface area contributed by atoms with E-state index in [-0.39, 0.29) is 0 Å². The molecule has 1 unspecified atom stereocenters. The number of nitrogens with one attached hydrogen (secondary N) is 1. The predicted molar refractivity (Wildman–Crippen MR) is 60.0 cm³/mol. The van der Waals surface area contributed by atoms with Crippen molar-refractivity contribution in [2.45, 2.75) is 12.3 Å². The summed E-state index contributed by atoms with van der Waals surface area (Å²) in [6.07, 6.45) is 1.08. The van der Waals surface area contributed by atoms with E-state index in [1.165, 1.54) is 0 Å². The van der Waals surface area contributed by atoms with Crippen LogP contribution in [0.15, 0.2) is 34.7 Å². The van der Waals surface area contributed by atoms with Crippen molar-refractivity contribution in [3.63, 3.8) is 0 Å². The summed E-state index contributed by atoms with van der Waals surface area (Å²) in [6, 6.07) is 9.86. The molecule has 4 nitrogen and oxygen atoms in total. The van der Waals surface area contributed by atoms with E-state index in [0.29, 0.717) is 11.8 Å². The predicted octanol–water partition coefficient (Wildman–Crippen LogP) is 1.81. The monoisotopic (exact) mass is 215 g/mol. The first-order chi connectivity index (χ1) is 7.93. The number of hydrogen-bond donors (Lipinski definition) is 1. The molecule has 0 amide bonds. The molecule has 1 atom stereocenters. The molecule has 82 valence electrons. The molecular formula is C12H13N3O. The van der Waals surface area contributed by atoms with Gasteiger partial charge in [0, 0.05) is 12.1 Å². The van der Waals surface area contributed by atoms with Gasteiger partial charge in [-0.05, 0) is 25.1 Å². The largest absolute Gasteiger partial charge is 0.420 e. The average molecular weight is 215 g/mol. The van der Waals surface area contributed by atoms with E-state index >= 15 is 0 Å². The lowest BCUT2D eigenvalue weighted by Gasteiger charge is -1.99. The smallest absolute Gasteiger partial charge is 0.247 e. The number of aromatic nitrogens is 2. The Labute approximate surface area is 93.7 Å². The summed E-state index contributed by atoms with van der Waals surface area (Å²) >= 11 is 0. The van der Waals surface area contributed by atoms with E-state index in [2.05, 4.69) is 15.5 Å². The molecule has 0 spiro atoms.